The fraction of sp³-hybridized carbons (Fsp3) is 0.667. The van der Waals surface area contributed by atoms with Gasteiger partial charge in [0, 0.05) is 12.2 Å². The van der Waals surface area contributed by atoms with Crippen molar-refractivity contribution in [3.8, 4) is 0 Å². The third kappa shape index (κ3) is 5.13. The fourth-order valence-electron chi connectivity index (χ4n) is 0.951. The van der Waals surface area contributed by atoms with Crippen molar-refractivity contribution < 1.29 is 9.90 Å². The predicted octanol–water partition coefficient (Wildman–Crippen LogP) is 2.45. The van der Waals surface area contributed by atoms with E-state index in [4.69, 9.17) is 5.11 Å². The highest BCUT2D eigenvalue weighted by atomic mass is 32.2. The minimum absolute atomic E-state index is 0.175. The summed E-state index contributed by atoms with van der Waals surface area (Å²) >= 11 is 3.04. The Morgan fingerprint density at radius 3 is 3.00 bits per heavy atom. The van der Waals surface area contributed by atoms with E-state index in [0.29, 0.717) is 5.75 Å². The lowest BCUT2D eigenvalue weighted by Gasteiger charge is -1.91. The molecule has 1 N–H and O–H groups in total. The molecule has 4 nitrogen and oxygen atoms in total. The zero-order chi connectivity index (χ0) is 11.1. The van der Waals surface area contributed by atoms with Crippen molar-refractivity contribution >= 4 is 29.1 Å². The van der Waals surface area contributed by atoms with Crippen LogP contribution in [0.25, 0.3) is 0 Å². The Bertz CT molecular complexity index is 315. The second-order valence-electron chi connectivity index (χ2n) is 3.06. The van der Waals surface area contributed by atoms with Gasteiger partial charge in [-0.3, -0.25) is 4.79 Å². The molecule has 0 bridgehead atoms. The van der Waals surface area contributed by atoms with Crippen LogP contribution in [0.1, 0.15) is 31.2 Å². The van der Waals surface area contributed by atoms with E-state index in [0.717, 1.165) is 28.6 Å². The molecule has 15 heavy (non-hydrogen) atoms. The molecule has 0 spiro atoms. The Morgan fingerprint density at radius 1 is 1.53 bits per heavy atom. The molecule has 0 aliphatic rings. The Hall–Kier alpha value is -0.620. The van der Waals surface area contributed by atoms with Gasteiger partial charge in [-0.15, -0.1) is 10.2 Å². The molecule has 0 atom stereocenters. The topological polar surface area (TPSA) is 63.1 Å². The van der Waals surface area contributed by atoms with Crippen LogP contribution in [0, 0.1) is 0 Å². The van der Waals surface area contributed by atoms with Gasteiger partial charge in [0.1, 0.15) is 5.01 Å². The van der Waals surface area contributed by atoms with Gasteiger partial charge in [0.05, 0.1) is 6.42 Å². The molecule has 1 aromatic rings. The van der Waals surface area contributed by atoms with Gasteiger partial charge in [-0.05, 0) is 6.42 Å². The maximum atomic E-state index is 10.3. The second kappa shape index (κ2) is 6.79. The Kier molecular flexibility index (Phi) is 5.63. The summed E-state index contributed by atoms with van der Waals surface area (Å²) in [5.41, 5.74) is 0. The number of carboxylic acids is 1. The van der Waals surface area contributed by atoms with Crippen LogP contribution in [0.4, 0.5) is 0 Å². The summed E-state index contributed by atoms with van der Waals surface area (Å²) in [6.07, 6.45) is 3.44. The molecule has 0 unspecified atom stereocenters. The lowest BCUT2D eigenvalue weighted by molar-refractivity contribution is -0.136. The molecule has 1 aromatic heterocycles. The molecule has 0 aliphatic carbocycles. The molecule has 1 rings (SSSR count). The third-order valence-corrected chi connectivity index (χ3v) is 3.85. The number of thioether (sulfide) groups is 1. The zero-order valence-electron chi connectivity index (χ0n) is 8.60. The number of unbranched alkanes of at least 4 members (excludes halogenated alkanes) is 1. The van der Waals surface area contributed by atoms with Crippen LogP contribution in [0.2, 0.25) is 0 Å². The van der Waals surface area contributed by atoms with Crippen LogP contribution in [0.3, 0.4) is 0 Å². The summed E-state index contributed by atoms with van der Waals surface area (Å²) in [6, 6.07) is 0. The Morgan fingerprint density at radius 2 is 2.33 bits per heavy atom. The largest absolute Gasteiger partial charge is 0.481 e. The van der Waals surface area contributed by atoms with E-state index in [2.05, 4.69) is 17.1 Å². The number of rotatable bonds is 7. The van der Waals surface area contributed by atoms with Crippen molar-refractivity contribution in [1.82, 2.24) is 10.2 Å². The van der Waals surface area contributed by atoms with Gasteiger partial charge in [0.2, 0.25) is 0 Å². The van der Waals surface area contributed by atoms with Crippen LogP contribution in [0.5, 0.6) is 0 Å². The van der Waals surface area contributed by atoms with Crippen molar-refractivity contribution in [2.75, 3.05) is 5.75 Å². The Labute approximate surface area is 97.1 Å². The first kappa shape index (κ1) is 12.4. The van der Waals surface area contributed by atoms with Crippen molar-refractivity contribution in [2.24, 2.45) is 0 Å². The van der Waals surface area contributed by atoms with E-state index in [1.165, 1.54) is 11.8 Å². The van der Waals surface area contributed by atoms with Crippen molar-refractivity contribution in [2.45, 2.75) is 36.9 Å². The van der Waals surface area contributed by atoms with Crippen molar-refractivity contribution in [3.05, 3.63) is 5.01 Å². The fourth-order valence-corrected chi connectivity index (χ4v) is 2.89. The first-order valence-electron chi connectivity index (χ1n) is 4.89. The molecule has 0 saturated heterocycles. The molecule has 0 radical (unpaired) electrons. The number of hydrogen-bond acceptors (Lipinski definition) is 5. The predicted molar refractivity (Wildman–Crippen MR) is 61.5 cm³/mol. The quantitative estimate of drug-likeness (QED) is 0.749. The summed E-state index contributed by atoms with van der Waals surface area (Å²) in [4.78, 5) is 10.3. The number of hydrogen-bond donors (Lipinski definition) is 1. The third-order valence-electron chi connectivity index (χ3n) is 1.73. The molecule has 0 saturated carbocycles. The summed E-state index contributed by atoms with van der Waals surface area (Å²) in [5.74, 6) is -0.198. The van der Waals surface area contributed by atoms with E-state index in [-0.39, 0.29) is 6.42 Å². The maximum absolute atomic E-state index is 10.3. The number of aryl methyl sites for hydroxylation is 1. The highest BCUT2D eigenvalue weighted by Gasteiger charge is 2.05. The van der Waals surface area contributed by atoms with E-state index < -0.39 is 5.97 Å². The van der Waals surface area contributed by atoms with E-state index in [1.54, 1.807) is 11.3 Å². The minimum Gasteiger partial charge on any atom is -0.481 e. The molecule has 1 heterocycles. The monoisotopic (exact) mass is 246 g/mol. The summed E-state index contributed by atoms with van der Waals surface area (Å²) in [7, 11) is 0. The minimum atomic E-state index is -0.766. The molecule has 84 valence electrons. The molecule has 6 heteroatoms. The number of aliphatic carboxylic acids is 1. The van der Waals surface area contributed by atoms with E-state index in [1.807, 2.05) is 0 Å². The van der Waals surface area contributed by atoms with E-state index >= 15 is 0 Å². The summed E-state index contributed by atoms with van der Waals surface area (Å²) < 4.78 is 0.877. The average Bonchev–Trinajstić information content (AvgIpc) is 2.62. The van der Waals surface area contributed by atoms with Crippen LogP contribution >= 0.6 is 23.1 Å². The number of aromatic nitrogens is 2. The molecule has 0 aliphatic heterocycles. The maximum Gasteiger partial charge on any atom is 0.304 e. The average molecular weight is 246 g/mol. The van der Waals surface area contributed by atoms with Crippen molar-refractivity contribution in [3.63, 3.8) is 0 Å². The first-order chi connectivity index (χ1) is 7.22. The summed E-state index contributed by atoms with van der Waals surface area (Å²) in [5, 5.41) is 17.6. The molecule has 0 amide bonds. The zero-order valence-corrected chi connectivity index (χ0v) is 10.2. The normalized spacial score (nSPS) is 10.5. The lowest BCUT2D eigenvalue weighted by atomic mass is 10.3. The van der Waals surface area contributed by atoms with Crippen LogP contribution in [-0.4, -0.2) is 27.0 Å². The Balaban J connectivity index is 2.29. The van der Waals surface area contributed by atoms with Gasteiger partial charge in [0.25, 0.3) is 0 Å². The van der Waals surface area contributed by atoms with Crippen LogP contribution in [0.15, 0.2) is 4.34 Å². The lowest BCUT2D eigenvalue weighted by Crippen LogP contribution is -1.95. The first-order valence-corrected chi connectivity index (χ1v) is 6.69. The van der Waals surface area contributed by atoms with Crippen LogP contribution < -0.4 is 0 Å². The molecule has 0 fully saturated rings. The van der Waals surface area contributed by atoms with Gasteiger partial charge < -0.3 is 5.11 Å². The van der Waals surface area contributed by atoms with Crippen molar-refractivity contribution in [1.29, 1.82) is 0 Å². The van der Waals surface area contributed by atoms with Gasteiger partial charge >= 0.3 is 5.97 Å². The SMILES string of the molecule is CCCCc1nnc(SCCC(=O)O)s1. The molecule has 0 aromatic carbocycles. The van der Waals surface area contributed by atoms with Crippen LogP contribution in [-0.2, 0) is 11.2 Å². The highest BCUT2D eigenvalue weighted by molar-refractivity contribution is 8.01. The number of carbonyl (C=O) groups is 1. The van der Waals surface area contributed by atoms with E-state index in [9.17, 15) is 4.79 Å². The van der Waals surface area contributed by atoms with Gasteiger partial charge in [-0.2, -0.15) is 0 Å². The number of nitrogens with zero attached hydrogens (tertiary/aromatic N) is 2. The molecular formula is C9H14N2O2S2. The highest BCUT2D eigenvalue weighted by Crippen LogP contribution is 2.23. The second-order valence-corrected chi connectivity index (χ2v) is 5.46. The number of carboxylic acid groups (broad SMARTS) is 1. The smallest absolute Gasteiger partial charge is 0.304 e. The van der Waals surface area contributed by atoms with Gasteiger partial charge in [-0.25, -0.2) is 0 Å². The summed E-state index contributed by atoms with van der Waals surface area (Å²) in [6.45, 7) is 2.14. The van der Waals surface area contributed by atoms with Gasteiger partial charge in [0.15, 0.2) is 4.34 Å². The van der Waals surface area contributed by atoms with Gasteiger partial charge in [-0.1, -0.05) is 36.4 Å². The standard InChI is InChI=1S/C9H14N2O2S2/c1-2-3-4-7-10-11-9(15-7)14-6-5-8(12)13/h2-6H2,1H3,(H,12,13). The molecular weight excluding hydrogens is 232 g/mol.